The standard InChI is InChI=1S/C32H26FN3O/c1-20-26-16-17-28-30(32(26,2)19-27(34-3)29(20)37)35-31(36(28)25-11-7-10-24(33)18-25)23-14-12-22(13-15-23)21-8-5-4-6-9-21/h4-15,18-20,26H,16-17H2,1-2H3/t20-,26-,32-/m1/s1. The monoisotopic (exact) mass is 487 g/mol. The summed E-state index contributed by atoms with van der Waals surface area (Å²) in [5.41, 5.74) is 5.39. The molecule has 1 aromatic heterocycles. The van der Waals surface area contributed by atoms with Gasteiger partial charge in [0, 0.05) is 22.6 Å². The molecule has 0 radical (unpaired) electrons. The Morgan fingerprint density at radius 2 is 1.70 bits per heavy atom. The number of benzene rings is 3. The first-order chi connectivity index (χ1) is 17.9. The summed E-state index contributed by atoms with van der Waals surface area (Å²) in [6.45, 7) is 11.6. The van der Waals surface area contributed by atoms with E-state index in [2.05, 4.69) is 52.7 Å². The molecule has 4 aromatic rings. The van der Waals surface area contributed by atoms with Gasteiger partial charge in [-0.15, -0.1) is 0 Å². The number of halogens is 1. The number of imidazole rings is 1. The van der Waals surface area contributed by atoms with E-state index in [0.717, 1.165) is 46.7 Å². The van der Waals surface area contributed by atoms with Crippen molar-refractivity contribution in [3.63, 3.8) is 0 Å². The van der Waals surface area contributed by atoms with Crippen molar-refractivity contribution in [1.82, 2.24) is 9.55 Å². The summed E-state index contributed by atoms with van der Waals surface area (Å²) in [6.07, 6.45) is 3.35. The minimum Gasteiger partial charge on any atom is -0.308 e. The number of nitrogens with zero attached hydrogens (tertiary/aromatic N) is 3. The second-order valence-corrected chi connectivity index (χ2v) is 10.2. The van der Waals surface area contributed by atoms with Crippen LogP contribution in [-0.4, -0.2) is 15.3 Å². The van der Waals surface area contributed by atoms with E-state index in [1.54, 1.807) is 6.07 Å². The van der Waals surface area contributed by atoms with E-state index in [9.17, 15) is 9.18 Å². The van der Waals surface area contributed by atoms with E-state index in [1.165, 1.54) is 12.1 Å². The molecule has 2 aliphatic carbocycles. The lowest BCUT2D eigenvalue weighted by atomic mass is 9.59. The first kappa shape index (κ1) is 23.1. The Bertz CT molecular complexity index is 1590. The van der Waals surface area contributed by atoms with Crippen LogP contribution in [0, 0.1) is 24.2 Å². The molecule has 0 saturated carbocycles. The Hall–Kier alpha value is -4.30. The zero-order valence-corrected chi connectivity index (χ0v) is 20.8. The second-order valence-electron chi connectivity index (χ2n) is 10.2. The van der Waals surface area contributed by atoms with Crippen LogP contribution in [0.3, 0.4) is 0 Å². The average molecular weight is 488 g/mol. The molecule has 0 N–H and O–H groups in total. The van der Waals surface area contributed by atoms with Gasteiger partial charge in [0.15, 0.2) is 5.78 Å². The lowest BCUT2D eigenvalue weighted by Crippen LogP contribution is -2.45. The molecular formula is C32H26FN3O. The lowest BCUT2D eigenvalue weighted by Gasteiger charge is -2.44. The van der Waals surface area contributed by atoms with Crippen LogP contribution >= 0.6 is 0 Å². The van der Waals surface area contributed by atoms with Crippen molar-refractivity contribution in [2.45, 2.75) is 32.1 Å². The highest BCUT2D eigenvalue weighted by Crippen LogP contribution is 2.51. The summed E-state index contributed by atoms with van der Waals surface area (Å²) in [4.78, 5) is 21.6. The molecule has 4 nitrogen and oxygen atoms in total. The van der Waals surface area contributed by atoms with E-state index in [4.69, 9.17) is 11.6 Å². The van der Waals surface area contributed by atoms with Gasteiger partial charge in [0.1, 0.15) is 11.6 Å². The van der Waals surface area contributed by atoms with Crippen LogP contribution in [0.2, 0.25) is 0 Å². The Balaban J connectivity index is 1.56. The SMILES string of the molecule is [C-]#[N+]C1=C[C@@]2(C)c3nc(-c4ccc(-c5ccccc5)cc4)n(-c4cccc(F)c4)c3CC[C@@H]2[C@@H](C)C1=O. The van der Waals surface area contributed by atoms with Crippen LogP contribution in [0.25, 0.3) is 33.0 Å². The Morgan fingerprint density at radius 3 is 2.41 bits per heavy atom. The molecule has 0 unspecified atom stereocenters. The third kappa shape index (κ3) is 3.64. The predicted octanol–water partition coefficient (Wildman–Crippen LogP) is 7.19. The topological polar surface area (TPSA) is 39.2 Å². The minimum absolute atomic E-state index is 0.0576. The van der Waals surface area contributed by atoms with Crippen molar-refractivity contribution >= 4 is 5.78 Å². The molecule has 3 aromatic carbocycles. The van der Waals surface area contributed by atoms with Gasteiger partial charge in [0.25, 0.3) is 0 Å². The maximum Gasteiger partial charge on any atom is 0.226 e. The van der Waals surface area contributed by atoms with Crippen LogP contribution in [0.5, 0.6) is 0 Å². The van der Waals surface area contributed by atoms with Crippen molar-refractivity contribution in [2.75, 3.05) is 0 Å². The quantitative estimate of drug-likeness (QED) is 0.287. The van der Waals surface area contributed by atoms with E-state index in [-0.39, 0.29) is 29.1 Å². The molecule has 2 aliphatic rings. The van der Waals surface area contributed by atoms with Gasteiger partial charge in [0.05, 0.1) is 18.0 Å². The number of hydrogen-bond donors (Lipinski definition) is 0. The van der Waals surface area contributed by atoms with Crippen molar-refractivity contribution in [3.8, 4) is 28.2 Å². The third-order valence-electron chi connectivity index (χ3n) is 8.09. The smallest absolute Gasteiger partial charge is 0.226 e. The Kier molecular flexibility index (Phi) is 5.42. The highest BCUT2D eigenvalue weighted by Gasteiger charge is 2.50. The highest BCUT2D eigenvalue weighted by molar-refractivity contribution is 6.00. The van der Waals surface area contributed by atoms with E-state index < -0.39 is 5.41 Å². The molecule has 0 bridgehead atoms. The van der Waals surface area contributed by atoms with Crippen molar-refractivity contribution in [1.29, 1.82) is 0 Å². The summed E-state index contributed by atoms with van der Waals surface area (Å²) in [6, 6.07) is 25.1. The van der Waals surface area contributed by atoms with E-state index in [0.29, 0.717) is 5.69 Å². The fraction of sp³-hybridized carbons (Fsp3) is 0.219. The predicted molar refractivity (Wildman–Crippen MR) is 142 cm³/mol. The normalized spacial score (nSPS) is 22.5. The van der Waals surface area contributed by atoms with Gasteiger partial charge in [0.2, 0.25) is 5.70 Å². The molecule has 1 heterocycles. The molecule has 0 saturated heterocycles. The van der Waals surface area contributed by atoms with Crippen molar-refractivity contribution < 1.29 is 9.18 Å². The maximum absolute atomic E-state index is 14.4. The Labute approximate surface area is 215 Å². The number of Topliss-reactive ketones (excluding diaryl/α,β-unsaturated/α-hetero) is 1. The van der Waals surface area contributed by atoms with Gasteiger partial charge in [-0.05, 0) is 48.1 Å². The second kappa shape index (κ2) is 8.67. The number of hydrogen-bond acceptors (Lipinski definition) is 2. The van der Waals surface area contributed by atoms with Crippen LogP contribution in [0.15, 0.2) is 90.6 Å². The summed E-state index contributed by atoms with van der Waals surface area (Å²) < 4.78 is 16.4. The van der Waals surface area contributed by atoms with Crippen LogP contribution < -0.4 is 0 Å². The average Bonchev–Trinajstić information content (AvgIpc) is 3.32. The first-order valence-corrected chi connectivity index (χ1v) is 12.6. The van der Waals surface area contributed by atoms with Gasteiger partial charge in [-0.3, -0.25) is 4.57 Å². The number of rotatable bonds is 3. The van der Waals surface area contributed by atoms with Gasteiger partial charge < -0.3 is 4.79 Å². The number of allylic oxidation sites excluding steroid dienone is 2. The Morgan fingerprint density at radius 1 is 1.00 bits per heavy atom. The number of fused-ring (bicyclic) bond motifs is 3. The molecule has 5 heteroatoms. The minimum atomic E-state index is -0.557. The summed E-state index contributed by atoms with van der Waals surface area (Å²) in [7, 11) is 0. The fourth-order valence-electron chi connectivity index (χ4n) is 6.22. The molecular weight excluding hydrogens is 461 g/mol. The number of aromatic nitrogens is 2. The number of ketones is 1. The molecule has 6 rings (SSSR count). The van der Waals surface area contributed by atoms with Crippen molar-refractivity contribution in [3.05, 3.63) is 119 Å². The van der Waals surface area contributed by atoms with E-state index >= 15 is 0 Å². The van der Waals surface area contributed by atoms with Crippen LogP contribution in [0.4, 0.5) is 4.39 Å². The van der Waals surface area contributed by atoms with E-state index in [1.807, 2.05) is 37.3 Å². The summed E-state index contributed by atoms with van der Waals surface area (Å²) in [5, 5.41) is 0. The molecule has 0 fully saturated rings. The number of carbonyl (C=O) groups excluding carboxylic acids is 1. The third-order valence-corrected chi connectivity index (χ3v) is 8.09. The molecule has 182 valence electrons. The van der Waals surface area contributed by atoms with Gasteiger partial charge >= 0.3 is 0 Å². The summed E-state index contributed by atoms with van der Waals surface area (Å²) >= 11 is 0. The fourth-order valence-corrected chi connectivity index (χ4v) is 6.22. The summed E-state index contributed by atoms with van der Waals surface area (Å²) in [5.74, 6) is 0.154. The van der Waals surface area contributed by atoms with Crippen LogP contribution in [0.1, 0.15) is 31.7 Å². The number of carbonyl (C=O) groups is 1. The van der Waals surface area contributed by atoms with Crippen LogP contribution in [-0.2, 0) is 16.6 Å². The molecule has 0 amide bonds. The molecule has 0 aliphatic heterocycles. The zero-order chi connectivity index (χ0) is 25.7. The van der Waals surface area contributed by atoms with Gasteiger partial charge in [-0.1, -0.05) is 80.6 Å². The lowest BCUT2D eigenvalue weighted by molar-refractivity contribution is -0.121. The molecule has 3 atom stereocenters. The largest absolute Gasteiger partial charge is 0.308 e. The highest BCUT2D eigenvalue weighted by atomic mass is 19.1. The van der Waals surface area contributed by atoms with Crippen molar-refractivity contribution in [2.24, 2.45) is 11.8 Å². The van der Waals surface area contributed by atoms with Gasteiger partial charge in [-0.25, -0.2) is 14.2 Å². The van der Waals surface area contributed by atoms with Gasteiger partial charge in [-0.2, -0.15) is 0 Å². The maximum atomic E-state index is 14.4. The molecule has 37 heavy (non-hydrogen) atoms. The first-order valence-electron chi connectivity index (χ1n) is 12.6. The molecule has 0 spiro atoms. The zero-order valence-electron chi connectivity index (χ0n) is 20.8.